The van der Waals surface area contributed by atoms with Gasteiger partial charge in [-0.2, -0.15) is 0 Å². The van der Waals surface area contributed by atoms with Crippen molar-refractivity contribution in [1.82, 2.24) is 5.16 Å². The Balaban J connectivity index is 2.06. The molecule has 0 aliphatic carbocycles. The van der Waals surface area contributed by atoms with Crippen LogP contribution < -0.4 is 5.32 Å². The third-order valence-electron chi connectivity index (χ3n) is 2.84. The molecule has 0 radical (unpaired) electrons. The van der Waals surface area contributed by atoms with Gasteiger partial charge in [0.15, 0.2) is 5.76 Å². The highest BCUT2D eigenvalue weighted by Gasteiger charge is 2.18. The van der Waals surface area contributed by atoms with Crippen LogP contribution in [0.25, 0.3) is 0 Å². The van der Waals surface area contributed by atoms with Gasteiger partial charge in [-0.05, 0) is 23.6 Å². The Kier molecular flexibility index (Phi) is 1.78. The molecule has 3 nitrogen and oxygen atoms in total. The van der Waals surface area contributed by atoms with Gasteiger partial charge in [0, 0.05) is 12.1 Å². The third kappa shape index (κ3) is 1.31. The minimum absolute atomic E-state index is 0.839. The molecule has 0 bridgehead atoms. The van der Waals surface area contributed by atoms with E-state index in [0.717, 1.165) is 24.3 Å². The summed E-state index contributed by atoms with van der Waals surface area (Å²) >= 11 is 0. The van der Waals surface area contributed by atoms with Crippen molar-refractivity contribution in [2.24, 2.45) is 0 Å². The summed E-state index contributed by atoms with van der Waals surface area (Å²) in [7, 11) is 0. The van der Waals surface area contributed by atoms with Crippen LogP contribution in [0.5, 0.6) is 0 Å². The Hall–Kier alpha value is -1.77. The predicted molar refractivity (Wildman–Crippen MR) is 58.4 cm³/mol. The highest BCUT2D eigenvalue weighted by molar-refractivity contribution is 5.69. The van der Waals surface area contributed by atoms with Crippen molar-refractivity contribution in [3.63, 3.8) is 0 Å². The van der Waals surface area contributed by atoms with E-state index in [4.69, 9.17) is 4.52 Å². The van der Waals surface area contributed by atoms with E-state index >= 15 is 0 Å². The van der Waals surface area contributed by atoms with Gasteiger partial charge in [0.1, 0.15) is 5.69 Å². The van der Waals surface area contributed by atoms with Crippen molar-refractivity contribution in [3.05, 3.63) is 41.3 Å². The molecule has 1 N–H and O–H groups in total. The maximum absolute atomic E-state index is 5.17. The first-order valence-electron chi connectivity index (χ1n) is 5.19. The Labute approximate surface area is 88.1 Å². The lowest BCUT2D eigenvalue weighted by atomic mass is 10.00. The molecule has 2 heterocycles. The molecule has 76 valence electrons. The number of anilines is 2. The number of nitrogens with zero attached hydrogens (tertiary/aromatic N) is 1. The molecular formula is C12H12N2O. The van der Waals surface area contributed by atoms with Crippen LogP contribution in [-0.2, 0) is 12.8 Å². The van der Waals surface area contributed by atoms with Crippen molar-refractivity contribution < 1.29 is 4.52 Å². The molecule has 0 spiro atoms. The summed E-state index contributed by atoms with van der Waals surface area (Å²) < 4.78 is 5.17. The molecule has 2 aromatic rings. The van der Waals surface area contributed by atoms with Crippen LogP contribution in [0, 0.1) is 0 Å². The van der Waals surface area contributed by atoms with E-state index in [0.29, 0.717) is 0 Å². The number of hydrogen-bond donors (Lipinski definition) is 1. The van der Waals surface area contributed by atoms with Crippen LogP contribution in [0.15, 0.2) is 28.9 Å². The first-order chi connectivity index (χ1) is 7.36. The lowest BCUT2D eigenvalue weighted by Gasteiger charge is -2.17. The minimum Gasteiger partial charge on any atom is -0.359 e. The number of fused-ring (bicyclic) bond motifs is 2. The fraction of sp³-hybridized carbons (Fsp3) is 0.250. The van der Waals surface area contributed by atoms with Crippen LogP contribution in [0.1, 0.15) is 23.8 Å². The van der Waals surface area contributed by atoms with Crippen LogP contribution in [-0.4, -0.2) is 5.16 Å². The van der Waals surface area contributed by atoms with Crippen LogP contribution in [0.3, 0.4) is 0 Å². The maximum Gasteiger partial charge on any atom is 0.164 e. The van der Waals surface area contributed by atoms with Crippen molar-refractivity contribution in [2.45, 2.75) is 19.8 Å². The Bertz CT molecular complexity index is 502. The van der Waals surface area contributed by atoms with Crippen molar-refractivity contribution in [2.75, 3.05) is 5.32 Å². The van der Waals surface area contributed by atoms with Crippen LogP contribution in [0.2, 0.25) is 0 Å². The van der Waals surface area contributed by atoms with Gasteiger partial charge in [-0.25, -0.2) is 0 Å². The molecule has 0 saturated carbocycles. The van der Waals surface area contributed by atoms with E-state index in [1.165, 1.54) is 16.8 Å². The average molecular weight is 200 g/mol. The van der Waals surface area contributed by atoms with Gasteiger partial charge in [0.2, 0.25) is 0 Å². The summed E-state index contributed by atoms with van der Waals surface area (Å²) in [6, 6.07) is 6.52. The summed E-state index contributed by atoms with van der Waals surface area (Å²) in [5, 5.41) is 7.11. The van der Waals surface area contributed by atoms with E-state index < -0.39 is 0 Å². The third-order valence-corrected chi connectivity index (χ3v) is 2.84. The minimum atomic E-state index is 0.839. The molecule has 3 heteroatoms. The van der Waals surface area contributed by atoms with Crippen LogP contribution in [0.4, 0.5) is 11.4 Å². The molecule has 0 amide bonds. The molecule has 1 aliphatic rings. The van der Waals surface area contributed by atoms with Gasteiger partial charge in [-0.15, -0.1) is 0 Å². The molecular weight excluding hydrogens is 188 g/mol. The highest BCUT2D eigenvalue weighted by atomic mass is 16.5. The van der Waals surface area contributed by atoms with Gasteiger partial charge >= 0.3 is 0 Å². The normalized spacial score (nSPS) is 12.9. The second-order valence-corrected chi connectivity index (χ2v) is 3.81. The lowest BCUT2D eigenvalue weighted by Crippen LogP contribution is -2.04. The quantitative estimate of drug-likeness (QED) is 0.656. The standard InChI is InChI=1S/C12H12N2O/c1-2-8-3-4-10-9(5-8)6-12-11(14-10)7-13-15-12/h3-5,7,14H,2,6H2,1H3. The number of hydrogen-bond acceptors (Lipinski definition) is 3. The number of rotatable bonds is 1. The SMILES string of the molecule is CCc1ccc2c(c1)Cc1oncc1N2. The fourth-order valence-electron chi connectivity index (χ4n) is 1.95. The number of aryl methyl sites for hydroxylation is 1. The van der Waals surface area contributed by atoms with Gasteiger partial charge in [-0.1, -0.05) is 24.2 Å². The zero-order chi connectivity index (χ0) is 10.3. The molecule has 1 aromatic heterocycles. The Morgan fingerprint density at radius 3 is 3.20 bits per heavy atom. The first kappa shape index (κ1) is 8.53. The predicted octanol–water partition coefficient (Wildman–Crippen LogP) is 2.88. The molecule has 0 atom stereocenters. The number of aromatic nitrogens is 1. The second-order valence-electron chi connectivity index (χ2n) is 3.81. The molecule has 0 saturated heterocycles. The second kappa shape index (κ2) is 3.12. The van der Waals surface area contributed by atoms with E-state index in [9.17, 15) is 0 Å². The number of nitrogens with one attached hydrogen (secondary N) is 1. The molecule has 0 unspecified atom stereocenters. The Morgan fingerprint density at radius 1 is 1.40 bits per heavy atom. The summed E-state index contributed by atoms with van der Waals surface area (Å²) in [6.45, 7) is 2.16. The first-order valence-corrected chi connectivity index (χ1v) is 5.19. The van der Waals surface area contributed by atoms with Crippen molar-refractivity contribution >= 4 is 11.4 Å². The summed E-state index contributed by atoms with van der Waals surface area (Å²) in [5.41, 5.74) is 4.81. The van der Waals surface area contributed by atoms with Crippen molar-refractivity contribution in [3.8, 4) is 0 Å². The largest absolute Gasteiger partial charge is 0.359 e. The topological polar surface area (TPSA) is 38.1 Å². The smallest absolute Gasteiger partial charge is 0.164 e. The number of benzene rings is 1. The van der Waals surface area contributed by atoms with E-state index in [-0.39, 0.29) is 0 Å². The van der Waals surface area contributed by atoms with Gasteiger partial charge in [-0.3, -0.25) is 0 Å². The van der Waals surface area contributed by atoms with E-state index in [1.807, 2.05) is 0 Å². The molecule has 3 rings (SSSR count). The Morgan fingerprint density at radius 2 is 2.33 bits per heavy atom. The summed E-state index contributed by atoms with van der Waals surface area (Å²) in [4.78, 5) is 0. The molecule has 1 aliphatic heterocycles. The van der Waals surface area contributed by atoms with Crippen molar-refractivity contribution in [1.29, 1.82) is 0 Å². The lowest BCUT2D eigenvalue weighted by molar-refractivity contribution is 0.389. The van der Waals surface area contributed by atoms with E-state index in [1.54, 1.807) is 6.20 Å². The van der Waals surface area contributed by atoms with Gasteiger partial charge in [0.05, 0.1) is 6.20 Å². The monoisotopic (exact) mass is 200 g/mol. The average Bonchev–Trinajstić information content (AvgIpc) is 2.72. The highest BCUT2D eigenvalue weighted by Crippen LogP contribution is 2.32. The zero-order valence-corrected chi connectivity index (χ0v) is 8.58. The molecule has 0 fully saturated rings. The fourth-order valence-corrected chi connectivity index (χ4v) is 1.95. The molecule has 15 heavy (non-hydrogen) atoms. The zero-order valence-electron chi connectivity index (χ0n) is 8.58. The maximum atomic E-state index is 5.17. The molecule has 1 aromatic carbocycles. The van der Waals surface area contributed by atoms with Gasteiger partial charge in [0.25, 0.3) is 0 Å². The van der Waals surface area contributed by atoms with Gasteiger partial charge < -0.3 is 9.84 Å². The summed E-state index contributed by atoms with van der Waals surface area (Å²) in [6.07, 6.45) is 3.63. The van der Waals surface area contributed by atoms with Crippen LogP contribution >= 0.6 is 0 Å². The summed E-state index contributed by atoms with van der Waals surface area (Å²) in [5.74, 6) is 0.927. The van der Waals surface area contributed by atoms with E-state index in [2.05, 4.69) is 35.6 Å².